The van der Waals surface area contributed by atoms with Crippen molar-refractivity contribution in [2.24, 2.45) is 40.4 Å². The molecule has 0 aromatic heterocycles. The summed E-state index contributed by atoms with van der Waals surface area (Å²) >= 11 is 0. The largest absolute Gasteiger partial charge is 0.446 e. The molecule has 0 bridgehead atoms. The van der Waals surface area contributed by atoms with Crippen molar-refractivity contribution in [2.45, 2.75) is 84.7 Å². The molecule has 8 atom stereocenters. The van der Waals surface area contributed by atoms with Crippen LogP contribution in [-0.2, 0) is 9.53 Å². The summed E-state index contributed by atoms with van der Waals surface area (Å²) in [4.78, 5) is 24.2. The Kier molecular flexibility index (Phi) is 5.73. The molecule has 2 N–H and O–H groups in total. The van der Waals surface area contributed by atoms with Gasteiger partial charge in [0.15, 0.2) is 0 Å². The predicted molar refractivity (Wildman–Crippen MR) is 111 cm³/mol. The second-order valence-corrected chi connectivity index (χ2v) is 10.9. The number of carbonyl (C=O) groups is 2. The monoisotopic (exact) mass is 405 g/mol. The zero-order chi connectivity index (χ0) is 20.8. The smallest absolute Gasteiger partial charge is 0.407 e. The highest BCUT2D eigenvalue weighted by Crippen LogP contribution is 2.67. The van der Waals surface area contributed by atoms with Gasteiger partial charge in [-0.3, -0.25) is 4.79 Å². The number of alkyl carbamates (subject to hydrolysis) is 1. The molecule has 0 heterocycles. The van der Waals surface area contributed by atoms with Crippen LogP contribution in [0.4, 0.5) is 4.79 Å². The number of fused-ring (bicyclic) bond motifs is 5. The highest BCUT2D eigenvalue weighted by Gasteiger charge is 2.60. The van der Waals surface area contributed by atoms with E-state index in [2.05, 4.69) is 19.2 Å². The Morgan fingerprint density at radius 2 is 1.72 bits per heavy atom. The minimum atomic E-state index is -0.393. The number of hydrogen-bond acceptors (Lipinski definition) is 4. The first kappa shape index (κ1) is 21.1. The van der Waals surface area contributed by atoms with Gasteiger partial charge in [-0.1, -0.05) is 13.8 Å². The van der Waals surface area contributed by atoms with Gasteiger partial charge in [-0.15, -0.1) is 0 Å². The third-order valence-corrected chi connectivity index (χ3v) is 9.76. The third kappa shape index (κ3) is 3.51. The van der Waals surface area contributed by atoms with E-state index < -0.39 is 6.09 Å². The number of nitrogens with one attached hydrogen (secondary N) is 1. The average Bonchev–Trinajstić information content (AvgIpc) is 3.04. The van der Waals surface area contributed by atoms with Crippen LogP contribution in [0, 0.1) is 40.4 Å². The van der Waals surface area contributed by atoms with E-state index >= 15 is 0 Å². The summed E-state index contributed by atoms with van der Waals surface area (Å²) in [7, 11) is 0. The fourth-order valence-electron chi connectivity index (χ4n) is 8.34. The quantitative estimate of drug-likeness (QED) is 0.730. The molecule has 0 aromatic carbocycles. The first-order valence-electron chi connectivity index (χ1n) is 11.9. The Balaban J connectivity index is 1.44. The highest BCUT2D eigenvalue weighted by atomic mass is 16.6. The third-order valence-electron chi connectivity index (χ3n) is 9.76. The number of carbonyl (C=O) groups excluding carboxylic acids is 2. The van der Waals surface area contributed by atoms with E-state index in [4.69, 9.17) is 9.84 Å². The lowest BCUT2D eigenvalue weighted by molar-refractivity contribution is -0.138. The number of rotatable bonds is 4. The molecule has 4 saturated carbocycles. The summed E-state index contributed by atoms with van der Waals surface area (Å²) in [6, 6.07) is 0. The van der Waals surface area contributed by atoms with E-state index in [0.29, 0.717) is 23.0 Å². The lowest BCUT2D eigenvalue weighted by Gasteiger charge is -2.61. The topological polar surface area (TPSA) is 75.6 Å². The van der Waals surface area contributed by atoms with Gasteiger partial charge in [0.2, 0.25) is 0 Å². The second kappa shape index (κ2) is 7.86. The number of Topliss-reactive ketones (excluding diaryl/α,β-unsaturated/α-hetero) is 1. The van der Waals surface area contributed by atoms with Crippen molar-refractivity contribution < 1.29 is 19.4 Å². The lowest BCUT2D eigenvalue weighted by Crippen LogP contribution is -2.54. The Hall–Kier alpha value is -1.10. The molecule has 0 aliphatic heterocycles. The summed E-state index contributed by atoms with van der Waals surface area (Å²) in [5.41, 5.74) is 0.571. The second-order valence-electron chi connectivity index (χ2n) is 10.9. The van der Waals surface area contributed by atoms with Crippen LogP contribution in [0.15, 0.2) is 0 Å². The maximum absolute atomic E-state index is 12.3. The molecule has 164 valence electrons. The normalized spacial score (nSPS) is 46.2. The van der Waals surface area contributed by atoms with Gasteiger partial charge >= 0.3 is 6.09 Å². The molecular formula is C24H39NO4. The van der Waals surface area contributed by atoms with Gasteiger partial charge in [0, 0.05) is 12.5 Å². The van der Waals surface area contributed by atoms with E-state index in [1.54, 1.807) is 6.92 Å². The summed E-state index contributed by atoms with van der Waals surface area (Å²) in [6.07, 6.45) is 9.97. The zero-order valence-electron chi connectivity index (χ0n) is 18.4. The Labute approximate surface area is 175 Å². The van der Waals surface area contributed by atoms with Gasteiger partial charge < -0.3 is 15.2 Å². The maximum Gasteiger partial charge on any atom is 0.407 e. The predicted octanol–water partition coefficient (Wildman–Crippen LogP) is 4.32. The highest BCUT2D eigenvalue weighted by molar-refractivity contribution is 5.79. The lowest BCUT2D eigenvalue weighted by atomic mass is 9.44. The number of ether oxygens (including phenoxy) is 1. The molecule has 0 spiro atoms. The first-order valence-corrected chi connectivity index (χ1v) is 11.9. The Bertz CT molecular complexity index is 651. The van der Waals surface area contributed by atoms with Crippen molar-refractivity contribution in [3.8, 4) is 0 Å². The number of amides is 1. The van der Waals surface area contributed by atoms with Crippen LogP contribution < -0.4 is 5.32 Å². The van der Waals surface area contributed by atoms with Crippen molar-refractivity contribution in [2.75, 3.05) is 13.2 Å². The van der Waals surface area contributed by atoms with Gasteiger partial charge in [0.25, 0.3) is 0 Å². The minimum Gasteiger partial charge on any atom is -0.446 e. The fraction of sp³-hybridized carbons (Fsp3) is 0.917. The SMILES string of the molecule is CC(=O)[C@H]1CC[C@H]2[C@@H]3CC[C@H]4C[C@H](OC(=O)NCCO)CC[C@]4(C)[C@H]3CC[C@]12C. The number of ketones is 1. The standard InChI is InChI=1S/C24H39NO4/c1-15(27)19-6-7-20-18-5-4-16-14-17(29-22(28)25-12-13-26)8-10-23(16,2)21(18)9-11-24(19,20)3/h16-21,26H,4-14H2,1-3H3,(H,25,28)/t16-,17+,18-,19+,20-,21-,23-,24+/m0/s1. The summed E-state index contributed by atoms with van der Waals surface area (Å²) in [5.74, 6) is 3.55. The van der Waals surface area contributed by atoms with Crippen molar-refractivity contribution in [3.63, 3.8) is 0 Å². The Morgan fingerprint density at radius 1 is 1.00 bits per heavy atom. The molecule has 4 rings (SSSR count). The zero-order valence-corrected chi connectivity index (χ0v) is 18.4. The molecule has 29 heavy (non-hydrogen) atoms. The van der Waals surface area contributed by atoms with Crippen LogP contribution in [0.25, 0.3) is 0 Å². The maximum atomic E-state index is 12.3. The van der Waals surface area contributed by atoms with E-state index in [0.717, 1.165) is 37.5 Å². The summed E-state index contributed by atoms with van der Waals surface area (Å²) in [6.45, 7) is 6.92. The molecule has 0 aromatic rings. The fourth-order valence-corrected chi connectivity index (χ4v) is 8.34. The van der Waals surface area contributed by atoms with Crippen LogP contribution >= 0.6 is 0 Å². The van der Waals surface area contributed by atoms with E-state index in [9.17, 15) is 9.59 Å². The minimum absolute atomic E-state index is 0.00532. The van der Waals surface area contributed by atoms with E-state index in [-0.39, 0.29) is 30.6 Å². The van der Waals surface area contributed by atoms with Gasteiger partial charge in [-0.2, -0.15) is 0 Å². The number of hydrogen-bond donors (Lipinski definition) is 2. The molecule has 4 aliphatic carbocycles. The summed E-state index contributed by atoms with van der Waals surface area (Å²) in [5, 5.41) is 11.5. The summed E-state index contributed by atoms with van der Waals surface area (Å²) < 4.78 is 5.65. The van der Waals surface area contributed by atoms with Crippen LogP contribution in [-0.4, -0.2) is 36.2 Å². The van der Waals surface area contributed by atoms with Crippen LogP contribution in [0.3, 0.4) is 0 Å². The van der Waals surface area contributed by atoms with Gasteiger partial charge in [0.05, 0.1) is 6.61 Å². The first-order chi connectivity index (χ1) is 13.8. The molecule has 0 radical (unpaired) electrons. The molecule has 5 heteroatoms. The van der Waals surface area contributed by atoms with Crippen molar-refractivity contribution in [3.05, 3.63) is 0 Å². The van der Waals surface area contributed by atoms with Crippen LogP contribution in [0.5, 0.6) is 0 Å². The van der Waals surface area contributed by atoms with Crippen LogP contribution in [0.2, 0.25) is 0 Å². The van der Waals surface area contributed by atoms with Crippen LogP contribution in [0.1, 0.15) is 78.6 Å². The van der Waals surface area contributed by atoms with E-state index in [1.165, 1.54) is 32.1 Å². The number of aliphatic hydroxyl groups is 1. The molecule has 4 fully saturated rings. The Morgan fingerprint density at radius 3 is 2.45 bits per heavy atom. The molecule has 0 unspecified atom stereocenters. The van der Waals surface area contributed by atoms with Gasteiger partial charge in [-0.05, 0) is 99.2 Å². The van der Waals surface area contributed by atoms with Gasteiger partial charge in [-0.25, -0.2) is 4.79 Å². The van der Waals surface area contributed by atoms with Crippen molar-refractivity contribution in [1.82, 2.24) is 5.32 Å². The molecule has 1 amide bonds. The van der Waals surface area contributed by atoms with Crippen molar-refractivity contribution >= 4 is 11.9 Å². The van der Waals surface area contributed by atoms with E-state index in [1.807, 2.05) is 0 Å². The average molecular weight is 406 g/mol. The van der Waals surface area contributed by atoms with Crippen molar-refractivity contribution in [1.29, 1.82) is 0 Å². The van der Waals surface area contributed by atoms with Gasteiger partial charge in [0.1, 0.15) is 11.9 Å². The molecular weight excluding hydrogens is 366 g/mol. The molecule has 4 aliphatic rings. The molecule has 5 nitrogen and oxygen atoms in total. The molecule has 0 saturated heterocycles. The number of aliphatic hydroxyl groups excluding tert-OH is 1.